The number of hydrogen-bond acceptors (Lipinski definition) is 6. The molecule has 4 rings (SSSR count). The van der Waals surface area contributed by atoms with Gasteiger partial charge in [-0.3, -0.25) is 4.79 Å². The number of aromatic nitrogens is 2. The second kappa shape index (κ2) is 7.84. The first kappa shape index (κ1) is 17.6. The van der Waals surface area contributed by atoms with Crippen molar-refractivity contribution in [2.24, 2.45) is 0 Å². The van der Waals surface area contributed by atoms with Gasteiger partial charge in [0.05, 0.1) is 17.8 Å². The van der Waals surface area contributed by atoms with E-state index < -0.39 is 0 Å². The second-order valence-corrected chi connectivity index (χ2v) is 7.15. The molecule has 0 unspecified atom stereocenters. The van der Waals surface area contributed by atoms with Gasteiger partial charge in [-0.25, -0.2) is 9.97 Å². The van der Waals surface area contributed by atoms with Gasteiger partial charge in [-0.15, -0.1) is 0 Å². The summed E-state index contributed by atoms with van der Waals surface area (Å²) >= 11 is 1.41. The molecule has 27 heavy (non-hydrogen) atoms. The lowest BCUT2D eigenvalue weighted by atomic mass is 10.2. The van der Waals surface area contributed by atoms with Crippen molar-refractivity contribution in [3.63, 3.8) is 0 Å². The van der Waals surface area contributed by atoms with Gasteiger partial charge in [0.1, 0.15) is 23.6 Å². The molecule has 1 aliphatic rings. The molecule has 6 nitrogen and oxygen atoms in total. The Kier molecular flexibility index (Phi) is 5.11. The van der Waals surface area contributed by atoms with Crippen LogP contribution in [0.2, 0.25) is 0 Å². The molecule has 138 valence electrons. The van der Waals surface area contributed by atoms with Crippen LogP contribution in [0.5, 0.6) is 11.5 Å². The first-order chi connectivity index (χ1) is 13.2. The highest BCUT2D eigenvalue weighted by atomic mass is 32.2. The number of thioether (sulfide) groups is 1. The monoisotopic (exact) mass is 381 g/mol. The molecule has 0 saturated heterocycles. The molecule has 0 aliphatic carbocycles. The number of hydrogen-bond donors (Lipinski definition) is 1. The molecule has 0 bridgehead atoms. The quantitative estimate of drug-likeness (QED) is 0.541. The summed E-state index contributed by atoms with van der Waals surface area (Å²) in [5.41, 5.74) is 0.888. The fourth-order valence-corrected chi connectivity index (χ4v) is 3.74. The lowest BCUT2D eigenvalue weighted by molar-refractivity contribution is -0.119. The van der Waals surface area contributed by atoms with Crippen LogP contribution in [-0.4, -0.2) is 40.9 Å². The molecular formula is C20H19N3O3S. The molecule has 0 fully saturated rings. The minimum atomic E-state index is -0.198. The van der Waals surface area contributed by atoms with Crippen LogP contribution in [0.4, 0.5) is 0 Å². The Labute approximate surface area is 161 Å². The molecule has 0 saturated carbocycles. The molecule has 1 aromatic heterocycles. The van der Waals surface area contributed by atoms with Crippen LogP contribution < -0.4 is 14.8 Å². The van der Waals surface area contributed by atoms with E-state index >= 15 is 0 Å². The van der Waals surface area contributed by atoms with Gasteiger partial charge in [-0.1, -0.05) is 42.1 Å². The van der Waals surface area contributed by atoms with Crippen molar-refractivity contribution >= 4 is 28.6 Å². The van der Waals surface area contributed by atoms with Crippen molar-refractivity contribution in [3.05, 3.63) is 54.4 Å². The van der Waals surface area contributed by atoms with E-state index in [1.54, 1.807) is 0 Å². The topological polar surface area (TPSA) is 73.3 Å². The lowest BCUT2D eigenvalue weighted by Gasteiger charge is -2.26. The maximum absolute atomic E-state index is 12.3. The van der Waals surface area contributed by atoms with Crippen LogP contribution in [0.1, 0.15) is 5.82 Å². The number of fused-ring (bicyclic) bond motifs is 2. The largest absolute Gasteiger partial charge is 0.486 e. The molecule has 2 heterocycles. The third-order valence-corrected chi connectivity index (χ3v) is 5.11. The highest BCUT2D eigenvalue weighted by molar-refractivity contribution is 8.00. The van der Waals surface area contributed by atoms with E-state index in [1.807, 2.05) is 55.5 Å². The van der Waals surface area contributed by atoms with Crippen LogP contribution >= 0.6 is 11.8 Å². The number of carbonyl (C=O) groups excluding carboxylic acids is 1. The molecule has 1 N–H and O–H groups in total. The molecule has 3 aromatic rings. The fraction of sp³-hybridized carbons (Fsp3) is 0.250. The van der Waals surface area contributed by atoms with Crippen molar-refractivity contribution < 1.29 is 14.3 Å². The van der Waals surface area contributed by atoms with Crippen molar-refractivity contribution in [2.75, 3.05) is 18.9 Å². The Morgan fingerprint density at radius 2 is 1.93 bits per heavy atom. The SMILES string of the molecule is Cc1nc(SCC(=O)NC[C@H]2COc3ccccc3O2)c2ccccc2n1. The van der Waals surface area contributed by atoms with Gasteiger partial charge in [0.25, 0.3) is 0 Å². The van der Waals surface area contributed by atoms with Gasteiger partial charge in [-0.2, -0.15) is 0 Å². The Bertz CT molecular complexity index is 980. The Morgan fingerprint density at radius 3 is 2.81 bits per heavy atom. The summed E-state index contributed by atoms with van der Waals surface area (Å²) < 4.78 is 11.5. The molecule has 1 aliphatic heterocycles. The van der Waals surface area contributed by atoms with Crippen LogP contribution in [0.25, 0.3) is 10.9 Å². The van der Waals surface area contributed by atoms with Gasteiger partial charge < -0.3 is 14.8 Å². The maximum Gasteiger partial charge on any atom is 0.230 e. The summed E-state index contributed by atoms with van der Waals surface area (Å²) in [6.07, 6.45) is -0.198. The molecule has 0 spiro atoms. The highest BCUT2D eigenvalue weighted by Gasteiger charge is 2.21. The van der Waals surface area contributed by atoms with Gasteiger partial charge in [-0.05, 0) is 25.1 Å². The average Bonchev–Trinajstić information content (AvgIpc) is 2.70. The molecule has 7 heteroatoms. The zero-order chi connectivity index (χ0) is 18.6. The first-order valence-electron chi connectivity index (χ1n) is 8.70. The summed E-state index contributed by atoms with van der Waals surface area (Å²) in [5.74, 6) is 2.36. The zero-order valence-electron chi connectivity index (χ0n) is 14.8. The molecule has 2 aromatic carbocycles. The van der Waals surface area contributed by atoms with Crippen molar-refractivity contribution in [2.45, 2.75) is 18.1 Å². The average molecular weight is 381 g/mol. The number of amides is 1. The molecular weight excluding hydrogens is 362 g/mol. The summed E-state index contributed by atoms with van der Waals surface area (Å²) in [7, 11) is 0. The fourth-order valence-electron chi connectivity index (χ4n) is 2.84. The smallest absolute Gasteiger partial charge is 0.230 e. The van der Waals surface area contributed by atoms with Gasteiger partial charge in [0.15, 0.2) is 11.5 Å². The van der Waals surface area contributed by atoms with Gasteiger partial charge >= 0.3 is 0 Å². The van der Waals surface area contributed by atoms with Crippen molar-refractivity contribution in [1.82, 2.24) is 15.3 Å². The van der Waals surface area contributed by atoms with Crippen LogP contribution in [0, 0.1) is 6.92 Å². The van der Waals surface area contributed by atoms with Gasteiger partial charge in [0.2, 0.25) is 5.91 Å². The summed E-state index contributed by atoms with van der Waals surface area (Å²) in [4.78, 5) is 21.2. The van der Waals surface area contributed by atoms with E-state index in [-0.39, 0.29) is 17.8 Å². The Morgan fingerprint density at radius 1 is 1.15 bits per heavy atom. The Balaban J connectivity index is 1.32. The Hall–Kier alpha value is -2.80. The number of benzene rings is 2. The number of carbonyl (C=O) groups is 1. The number of rotatable bonds is 5. The number of nitrogens with zero attached hydrogens (tertiary/aromatic N) is 2. The molecule has 0 radical (unpaired) electrons. The summed E-state index contributed by atoms with van der Waals surface area (Å²) in [6, 6.07) is 15.3. The van der Waals surface area contributed by atoms with E-state index in [0.717, 1.165) is 21.7 Å². The van der Waals surface area contributed by atoms with Crippen LogP contribution in [-0.2, 0) is 4.79 Å². The van der Waals surface area contributed by atoms with E-state index in [9.17, 15) is 4.79 Å². The predicted octanol–water partition coefficient (Wildman–Crippen LogP) is 2.99. The predicted molar refractivity (Wildman–Crippen MR) is 104 cm³/mol. The first-order valence-corrected chi connectivity index (χ1v) is 9.69. The number of aryl methyl sites for hydroxylation is 1. The summed E-state index contributed by atoms with van der Waals surface area (Å²) in [5, 5.41) is 4.69. The van der Waals surface area contributed by atoms with Gasteiger partial charge in [0, 0.05) is 5.39 Å². The van der Waals surface area contributed by atoms with Crippen LogP contribution in [0.3, 0.4) is 0 Å². The van der Waals surface area contributed by atoms with E-state index in [2.05, 4.69) is 15.3 Å². The highest BCUT2D eigenvalue weighted by Crippen LogP contribution is 2.30. The van der Waals surface area contributed by atoms with Crippen LogP contribution in [0.15, 0.2) is 53.6 Å². The number of ether oxygens (including phenoxy) is 2. The zero-order valence-corrected chi connectivity index (χ0v) is 15.7. The minimum Gasteiger partial charge on any atom is -0.486 e. The van der Waals surface area contributed by atoms with E-state index in [0.29, 0.717) is 24.7 Å². The third kappa shape index (κ3) is 4.14. The normalized spacial score (nSPS) is 15.5. The number of para-hydroxylation sites is 3. The van der Waals surface area contributed by atoms with Crippen molar-refractivity contribution in [3.8, 4) is 11.5 Å². The van der Waals surface area contributed by atoms with E-state index in [4.69, 9.17) is 9.47 Å². The van der Waals surface area contributed by atoms with E-state index in [1.165, 1.54) is 11.8 Å². The summed E-state index contributed by atoms with van der Waals surface area (Å²) in [6.45, 7) is 2.67. The standard InChI is InChI=1S/C20H19N3O3S/c1-13-22-16-7-3-2-6-15(16)20(23-13)27-12-19(24)21-10-14-11-25-17-8-4-5-9-18(17)26-14/h2-9,14H,10-12H2,1H3,(H,21,24)/t14-/m0/s1. The maximum atomic E-state index is 12.3. The molecule has 1 amide bonds. The minimum absolute atomic E-state index is 0.0668. The van der Waals surface area contributed by atoms with Crippen molar-refractivity contribution in [1.29, 1.82) is 0 Å². The second-order valence-electron chi connectivity index (χ2n) is 6.18. The molecule has 1 atom stereocenters. The third-order valence-electron chi connectivity index (χ3n) is 4.11. The number of nitrogens with one attached hydrogen (secondary N) is 1. The lowest BCUT2D eigenvalue weighted by Crippen LogP contribution is -2.41.